The van der Waals surface area contributed by atoms with E-state index in [0.717, 1.165) is 50.3 Å². The molecule has 0 radical (unpaired) electrons. The Labute approximate surface area is 172 Å². The van der Waals surface area contributed by atoms with Crippen LogP contribution in [-0.2, 0) is 17.8 Å². The van der Waals surface area contributed by atoms with Crippen LogP contribution in [-0.4, -0.2) is 36.5 Å². The molecular formula is C23H31N3O3. The summed E-state index contributed by atoms with van der Waals surface area (Å²) in [6, 6.07) is 13.9. The van der Waals surface area contributed by atoms with Crippen molar-refractivity contribution in [1.29, 1.82) is 0 Å². The van der Waals surface area contributed by atoms with E-state index in [-0.39, 0.29) is 11.9 Å². The van der Waals surface area contributed by atoms with Gasteiger partial charge in [-0.3, -0.25) is 4.79 Å². The summed E-state index contributed by atoms with van der Waals surface area (Å²) >= 11 is 0. The number of nitrogens with one attached hydrogen (secondary N) is 2. The van der Waals surface area contributed by atoms with Gasteiger partial charge in [-0.05, 0) is 56.2 Å². The molecule has 6 heteroatoms. The number of likely N-dealkylation sites (tertiary alicyclic amines) is 1. The lowest BCUT2D eigenvalue weighted by molar-refractivity contribution is -0.121. The number of urea groups is 1. The number of hydrogen-bond donors (Lipinski definition) is 2. The van der Waals surface area contributed by atoms with Gasteiger partial charge in [-0.15, -0.1) is 0 Å². The highest BCUT2D eigenvalue weighted by molar-refractivity contribution is 5.76. The molecule has 2 N–H and O–H groups in total. The number of aryl methyl sites for hydroxylation is 1. The Morgan fingerprint density at radius 3 is 2.72 bits per heavy atom. The molecule has 1 aromatic carbocycles. The van der Waals surface area contributed by atoms with Crippen molar-refractivity contribution in [3.05, 3.63) is 59.5 Å². The smallest absolute Gasteiger partial charge is 0.317 e. The van der Waals surface area contributed by atoms with Gasteiger partial charge in [0.1, 0.15) is 11.5 Å². The Hall–Kier alpha value is -2.76. The molecule has 1 aliphatic rings. The highest BCUT2D eigenvalue weighted by Crippen LogP contribution is 2.21. The summed E-state index contributed by atoms with van der Waals surface area (Å²) in [4.78, 5) is 26.5. The summed E-state index contributed by atoms with van der Waals surface area (Å²) in [7, 11) is 0. The van der Waals surface area contributed by atoms with Gasteiger partial charge in [0.2, 0.25) is 5.91 Å². The lowest BCUT2D eigenvalue weighted by Gasteiger charge is -2.32. The van der Waals surface area contributed by atoms with Gasteiger partial charge in [0.15, 0.2) is 0 Å². The van der Waals surface area contributed by atoms with Crippen LogP contribution in [0.15, 0.2) is 46.9 Å². The van der Waals surface area contributed by atoms with E-state index >= 15 is 0 Å². The molecule has 0 aliphatic carbocycles. The molecule has 0 saturated carbocycles. The predicted octanol–water partition coefficient (Wildman–Crippen LogP) is 3.65. The Balaban J connectivity index is 1.33. The van der Waals surface area contributed by atoms with Crippen LogP contribution in [0.2, 0.25) is 0 Å². The third kappa shape index (κ3) is 6.97. The van der Waals surface area contributed by atoms with Crippen LogP contribution >= 0.6 is 0 Å². The lowest BCUT2D eigenvalue weighted by Crippen LogP contribution is -2.46. The normalized spacial score (nSPS) is 16.4. The molecule has 0 spiro atoms. The molecule has 0 bridgehead atoms. The molecule has 29 heavy (non-hydrogen) atoms. The number of furan rings is 1. The van der Waals surface area contributed by atoms with E-state index in [4.69, 9.17) is 4.42 Å². The minimum Gasteiger partial charge on any atom is -0.465 e. The Morgan fingerprint density at radius 2 is 1.97 bits per heavy atom. The van der Waals surface area contributed by atoms with Gasteiger partial charge in [0, 0.05) is 26.1 Å². The fourth-order valence-electron chi connectivity index (χ4n) is 3.74. The third-order valence-electron chi connectivity index (χ3n) is 5.37. The van der Waals surface area contributed by atoms with E-state index in [1.807, 2.05) is 42.2 Å². The minimum atomic E-state index is 0.00303. The number of amides is 3. The summed E-state index contributed by atoms with van der Waals surface area (Å²) in [5.74, 6) is 2.02. The fraction of sp³-hybridized carbons (Fsp3) is 0.478. The van der Waals surface area contributed by atoms with Crippen LogP contribution in [0.4, 0.5) is 4.79 Å². The largest absolute Gasteiger partial charge is 0.465 e. The average Bonchev–Trinajstić information content (AvgIpc) is 3.17. The van der Waals surface area contributed by atoms with Gasteiger partial charge in [-0.2, -0.15) is 0 Å². The number of piperidine rings is 1. The Morgan fingerprint density at radius 1 is 1.14 bits per heavy atom. The molecule has 3 amide bonds. The standard InChI is InChI=1S/C23H31N3O3/c1-18-9-11-21(29-18)16-25-22(27)12-10-20-8-5-15-26(17-20)23(28)24-14-13-19-6-3-2-4-7-19/h2-4,6-7,9,11,20H,5,8,10,12-17H2,1H3,(H,24,28)(H,25,27). The number of rotatable bonds is 8. The number of benzene rings is 1. The Bertz CT molecular complexity index is 788. The maximum atomic E-state index is 12.5. The van der Waals surface area contributed by atoms with Crippen molar-refractivity contribution in [1.82, 2.24) is 15.5 Å². The number of nitrogens with zero attached hydrogens (tertiary/aromatic N) is 1. The van der Waals surface area contributed by atoms with Crippen LogP contribution < -0.4 is 10.6 Å². The van der Waals surface area contributed by atoms with E-state index < -0.39 is 0 Å². The van der Waals surface area contributed by atoms with Crippen molar-refractivity contribution in [3.8, 4) is 0 Å². The van der Waals surface area contributed by atoms with Crippen LogP contribution in [0.25, 0.3) is 0 Å². The zero-order valence-electron chi connectivity index (χ0n) is 17.2. The zero-order valence-corrected chi connectivity index (χ0v) is 17.2. The average molecular weight is 398 g/mol. The van der Waals surface area contributed by atoms with Crippen LogP contribution in [0.5, 0.6) is 0 Å². The maximum Gasteiger partial charge on any atom is 0.317 e. The second-order valence-electron chi connectivity index (χ2n) is 7.75. The second kappa shape index (κ2) is 10.7. The van der Waals surface area contributed by atoms with E-state index in [1.54, 1.807) is 0 Å². The van der Waals surface area contributed by atoms with E-state index in [2.05, 4.69) is 22.8 Å². The van der Waals surface area contributed by atoms with Crippen molar-refractivity contribution in [2.45, 2.75) is 45.6 Å². The first-order chi connectivity index (χ1) is 14.1. The fourth-order valence-corrected chi connectivity index (χ4v) is 3.74. The first-order valence-electron chi connectivity index (χ1n) is 10.5. The van der Waals surface area contributed by atoms with Crippen molar-refractivity contribution >= 4 is 11.9 Å². The van der Waals surface area contributed by atoms with Gasteiger partial charge in [-0.25, -0.2) is 4.79 Å². The molecule has 3 rings (SSSR count). The summed E-state index contributed by atoms with van der Waals surface area (Å²) in [5.41, 5.74) is 1.22. The van der Waals surface area contributed by atoms with Crippen molar-refractivity contribution < 1.29 is 14.0 Å². The number of carbonyl (C=O) groups excluding carboxylic acids is 2. The molecule has 1 aliphatic heterocycles. The summed E-state index contributed by atoms with van der Waals surface area (Å²) in [6.07, 6.45) is 4.17. The van der Waals surface area contributed by atoms with E-state index in [1.165, 1.54) is 5.56 Å². The molecule has 2 heterocycles. The third-order valence-corrected chi connectivity index (χ3v) is 5.37. The first kappa shape index (κ1) is 21.0. The second-order valence-corrected chi connectivity index (χ2v) is 7.75. The highest BCUT2D eigenvalue weighted by atomic mass is 16.3. The van der Waals surface area contributed by atoms with Gasteiger partial charge in [0.05, 0.1) is 6.54 Å². The highest BCUT2D eigenvalue weighted by Gasteiger charge is 2.23. The summed E-state index contributed by atoms with van der Waals surface area (Å²) in [5, 5.41) is 5.93. The van der Waals surface area contributed by atoms with Crippen LogP contribution in [0.1, 0.15) is 42.8 Å². The van der Waals surface area contributed by atoms with Crippen LogP contribution in [0, 0.1) is 12.8 Å². The molecule has 1 unspecified atom stereocenters. The van der Waals surface area contributed by atoms with E-state index in [9.17, 15) is 9.59 Å². The molecule has 1 saturated heterocycles. The SMILES string of the molecule is Cc1ccc(CNC(=O)CCC2CCCN(C(=O)NCCc3ccccc3)C2)o1. The van der Waals surface area contributed by atoms with Crippen molar-refractivity contribution in [2.24, 2.45) is 5.92 Å². The predicted molar refractivity (Wildman–Crippen MR) is 112 cm³/mol. The monoisotopic (exact) mass is 397 g/mol. The molecule has 1 aromatic heterocycles. The molecule has 6 nitrogen and oxygen atoms in total. The first-order valence-corrected chi connectivity index (χ1v) is 10.5. The Kier molecular flexibility index (Phi) is 7.73. The quantitative estimate of drug-likeness (QED) is 0.714. The van der Waals surface area contributed by atoms with Crippen molar-refractivity contribution in [3.63, 3.8) is 0 Å². The van der Waals surface area contributed by atoms with Gasteiger partial charge in [0.25, 0.3) is 0 Å². The van der Waals surface area contributed by atoms with Gasteiger partial charge in [-0.1, -0.05) is 30.3 Å². The topological polar surface area (TPSA) is 74.6 Å². The maximum absolute atomic E-state index is 12.5. The van der Waals surface area contributed by atoms with E-state index in [0.29, 0.717) is 25.4 Å². The summed E-state index contributed by atoms with van der Waals surface area (Å²) in [6.45, 7) is 4.46. The van der Waals surface area contributed by atoms with Crippen LogP contribution in [0.3, 0.4) is 0 Å². The number of carbonyl (C=O) groups is 2. The molecule has 1 fully saturated rings. The molecule has 1 atom stereocenters. The molecular weight excluding hydrogens is 366 g/mol. The zero-order chi connectivity index (χ0) is 20.5. The minimum absolute atomic E-state index is 0.00303. The summed E-state index contributed by atoms with van der Waals surface area (Å²) < 4.78 is 5.46. The van der Waals surface area contributed by atoms with Gasteiger partial charge >= 0.3 is 6.03 Å². The van der Waals surface area contributed by atoms with Gasteiger partial charge < -0.3 is 20.0 Å². The molecule has 2 aromatic rings. The lowest BCUT2D eigenvalue weighted by atomic mass is 9.93. The number of hydrogen-bond acceptors (Lipinski definition) is 3. The molecule has 156 valence electrons. The van der Waals surface area contributed by atoms with Crippen molar-refractivity contribution in [2.75, 3.05) is 19.6 Å².